The van der Waals surface area contributed by atoms with Crippen LogP contribution in [0, 0.1) is 13.8 Å². The molecule has 1 aliphatic rings. The van der Waals surface area contributed by atoms with E-state index >= 15 is 0 Å². The van der Waals surface area contributed by atoms with E-state index < -0.39 is 0 Å². The Morgan fingerprint density at radius 2 is 1.96 bits per heavy atom. The van der Waals surface area contributed by atoms with Crippen LogP contribution in [0.5, 0.6) is 0 Å². The summed E-state index contributed by atoms with van der Waals surface area (Å²) in [7, 11) is 2.16. The number of benzene rings is 1. The summed E-state index contributed by atoms with van der Waals surface area (Å²) in [6, 6.07) is 4.36. The van der Waals surface area contributed by atoms with Gasteiger partial charge in [-0.25, -0.2) is 0 Å². The van der Waals surface area contributed by atoms with Crippen LogP contribution in [0.1, 0.15) is 30.0 Å². The van der Waals surface area contributed by atoms with Crippen molar-refractivity contribution in [1.82, 2.24) is 15.1 Å². The number of piperazine rings is 1. The number of hydrogen-bond acceptors (Lipinski definition) is 4. The van der Waals surface area contributed by atoms with Crippen molar-refractivity contribution in [2.75, 3.05) is 39.8 Å². The normalized spacial score (nSPS) is 17.5. The molecule has 0 saturated carbocycles. The zero-order valence-electron chi connectivity index (χ0n) is 16.5. The molecule has 5 heteroatoms. The second-order valence-electron chi connectivity index (χ2n) is 7.60. The molecule has 142 valence electrons. The molecule has 1 unspecified atom stereocenters. The van der Waals surface area contributed by atoms with Crippen LogP contribution in [0.25, 0.3) is 11.0 Å². The fraction of sp³-hybridized carbons (Fsp3) is 0.571. The molecule has 1 aromatic carbocycles. The van der Waals surface area contributed by atoms with Gasteiger partial charge < -0.3 is 14.6 Å². The summed E-state index contributed by atoms with van der Waals surface area (Å²) in [6.45, 7) is 11.6. The molecule has 0 spiro atoms. The summed E-state index contributed by atoms with van der Waals surface area (Å²) in [5.41, 5.74) is 4.23. The number of furan rings is 1. The topological polar surface area (TPSA) is 48.7 Å². The average Bonchev–Trinajstić information content (AvgIpc) is 3.02. The van der Waals surface area contributed by atoms with Gasteiger partial charge in [0, 0.05) is 49.7 Å². The molecule has 0 radical (unpaired) electrons. The summed E-state index contributed by atoms with van der Waals surface area (Å²) in [4.78, 5) is 17.4. The van der Waals surface area contributed by atoms with Crippen molar-refractivity contribution < 1.29 is 9.21 Å². The van der Waals surface area contributed by atoms with Crippen molar-refractivity contribution >= 4 is 16.9 Å². The van der Waals surface area contributed by atoms with Crippen molar-refractivity contribution in [3.8, 4) is 0 Å². The lowest BCUT2D eigenvalue weighted by molar-refractivity contribution is -0.121. The Balaban J connectivity index is 1.60. The minimum Gasteiger partial charge on any atom is -0.464 e. The summed E-state index contributed by atoms with van der Waals surface area (Å²) < 4.78 is 5.73. The molecule has 5 nitrogen and oxygen atoms in total. The largest absolute Gasteiger partial charge is 0.464 e. The Hall–Kier alpha value is -1.85. The molecule has 3 rings (SSSR count). The molecule has 1 N–H and O–H groups in total. The Bertz CT molecular complexity index is 760. The average molecular weight is 357 g/mol. The van der Waals surface area contributed by atoms with Crippen molar-refractivity contribution in [3.63, 3.8) is 0 Å². The first-order chi connectivity index (χ1) is 12.5. The number of hydrogen-bond donors (Lipinski definition) is 1. The fourth-order valence-electron chi connectivity index (χ4n) is 3.60. The van der Waals surface area contributed by atoms with Gasteiger partial charge in [-0.1, -0.05) is 19.1 Å². The Kier molecular flexibility index (Phi) is 5.99. The van der Waals surface area contributed by atoms with E-state index in [2.05, 4.69) is 55.1 Å². The van der Waals surface area contributed by atoms with E-state index in [1.54, 1.807) is 6.26 Å². The highest BCUT2D eigenvalue weighted by atomic mass is 16.3. The lowest BCUT2D eigenvalue weighted by Crippen LogP contribution is -2.50. The maximum absolute atomic E-state index is 12.6. The Labute approximate surface area is 156 Å². The van der Waals surface area contributed by atoms with E-state index in [4.69, 9.17) is 4.42 Å². The van der Waals surface area contributed by atoms with Crippen LogP contribution < -0.4 is 5.32 Å². The van der Waals surface area contributed by atoms with Crippen LogP contribution in [0.15, 0.2) is 22.8 Å². The third-order valence-electron chi connectivity index (χ3n) is 5.63. The number of likely N-dealkylation sites (N-methyl/N-ethyl adjacent to an activating group) is 1. The third kappa shape index (κ3) is 4.27. The molecule has 0 aliphatic carbocycles. The number of carbonyl (C=O) groups is 1. The van der Waals surface area contributed by atoms with Crippen molar-refractivity contribution in [1.29, 1.82) is 0 Å². The quantitative estimate of drug-likeness (QED) is 0.864. The SMILES string of the molecule is CCC(CN1CCN(C)CC1)NC(=O)Cc1coc2c(C)c(C)ccc12. The van der Waals surface area contributed by atoms with Crippen LogP contribution in [0.4, 0.5) is 0 Å². The van der Waals surface area contributed by atoms with Crippen LogP contribution in [-0.2, 0) is 11.2 Å². The highest BCUT2D eigenvalue weighted by Gasteiger charge is 2.20. The molecule has 1 aliphatic heterocycles. The van der Waals surface area contributed by atoms with Gasteiger partial charge in [0.05, 0.1) is 12.7 Å². The Morgan fingerprint density at radius 1 is 1.23 bits per heavy atom. The van der Waals surface area contributed by atoms with Crippen LogP contribution in [0.3, 0.4) is 0 Å². The van der Waals surface area contributed by atoms with Gasteiger partial charge in [-0.05, 0) is 38.4 Å². The first-order valence-corrected chi connectivity index (χ1v) is 9.64. The first kappa shape index (κ1) is 18.9. The van der Waals surface area contributed by atoms with Gasteiger partial charge >= 0.3 is 0 Å². The first-order valence-electron chi connectivity index (χ1n) is 9.64. The van der Waals surface area contributed by atoms with Crippen molar-refractivity contribution in [3.05, 3.63) is 35.1 Å². The second kappa shape index (κ2) is 8.23. The molecule has 2 aromatic rings. The maximum Gasteiger partial charge on any atom is 0.224 e. The highest BCUT2D eigenvalue weighted by molar-refractivity contribution is 5.89. The number of carbonyl (C=O) groups excluding carboxylic acids is 1. The molecule has 2 heterocycles. The number of rotatable bonds is 6. The van der Waals surface area contributed by atoms with Gasteiger partial charge in [0.2, 0.25) is 5.91 Å². The minimum absolute atomic E-state index is 0.0758. The number of aryl methyl sites for hydroxylation is 2. The van der Waals surface area contributed by atoms with E-state index in [1.165, 1.54) is 5.56 Å². The van der Waals surface area contributed by atoms with Crippen LogP contribution >= 0.6 is 0 Å². The zero-order valence-corrected chi connectivity index (χ0v) is 16.5. The molecule has 1 aromatic heterocycles. The predicted octanol–water partition coefficient (Wildman–Crippen LogP) is 2.73. The van der Waals surface area contributed by atoms with Gasteiger partial charge in [-0.15, -0.1) is 0 Å². The molecular weight excluding hydrogens is 326 g/mol. The molecule has 1 saturated heterocycles. The third-order valence-corrected chi connectivity index (χ3v) is 5.63. The highest BCUT2D eigenvalue weighted by Crippen LogP contribution is 2.26. The molecular formula is C21H31N3O2. The number of nitrogens with one attached hydrogen (secondary N) is 1. The van der Waals surface area contributed by atoms with E-state index in [9.17, 15) is 4.79 Å². The lowest BCUT2D eigenvalue weighted by atomic mass is 10.0. The zero-order chi connectivity index (χ0) is 18.7. The van der Waals surface area contributed by atoms with E-state index in [-0.39, 0.29) is 11.9 Å². The van der Waals surface area contributed by atoms with E-state index in [0.717, 1.165) is 61.2 Å². The van der Waals surface area contributed by atoms with Gasteiger partial charge in [-0.2, -0.15) is 0 Å². The van der Waals surface area contributed by atoms with Gasteiger partial charge in [0.25, 0.3) is 0 Å². The number of nitrogens with zero attached hydrogens (tertiary/aromatic N) is 2. The molecule has 1 atom stereocenters. The second-order valence-corrected chi connectivity index (χ2v) is 7.60. The minimum atomic E-state index is 0.0758. The maximum atomic E-state index is 12.6. The fourth-order valence-corrected chi connectivity index (χ4v) is 3.60. The molecule has 1 fully saturated rings. The number of amides is 1. The molecule has 0 bridgehead atoms. The molecule has 26 heavy (non-hydrogen) atoms. The van der Waals surface area contributed by atoms with Crippen LogP contribution in [0.2, 0.25) is 0 Å². The van der Waals surface area contributed by atoms with E-state index in [1.807, 2.05) is 0 Å². The lowest BCUT2D eigenvalue weighted by Gasteiger charge is -2.34. The van der Waals surface area contributed by atoms with Gasteiger partial charge in [0.1, 0.15) is 5.58 Å². The summed E-state index contributed by atoms with van der Waals surface area (Å²) in [5, 5.41) is 4.27. The standard InChI is InChI=1S/C21H31N3O2/c1-5-18(13-24-10-8-23(4)9-11-24)22-20(25)12-17-14-26-21-16(3)15(2)6-7-19(17)21/h6-7,14,18H,5,8-13H2,1-4H3,(H,22,25). The van der Waals surface area contributed by atoms with Gasteiger partial charge in [0.15, 0.2) is 0 Å². The molecule has 1 amide bonds. The van der Waals surface area contributed by atoms with Crippen LogP contribution in [-0.4, -0.2) is 61.5 Å². The Morgan fingerprint density at radius 3 is 2.65 bits per heavy atom. The summed E-state index contributed by atoms with van der Waals surface area (Å²) >= 11 is 0. The van der Waals surface area contributed by atoms with Crippen molar-refractivity contribution in [2.24, 2.45) is 0 Å². The smallest absolute Gasteiger partial charge is 0.224 e. The summed E-state index contributed by atoms with van der Waals surface area (Å²) in [6.07, 6.45) is 3.05. The monoisotopic (exact) mass is 357 g/mol. The predicted molar refractivity (Wildman–Crippen MR) is 106 cm³/mol. The van der Waals surface area contributed by atoms with Gasteiger partial charge in [-0.3, -0.25) is 9.69 Å². The number of fused-ring (bicyclic) bond motifs is 1. The summed E-state index contributed by atoms with van der Waals surface area (Å²) in [5.74, 6) is 0.0758. The van der Waals surface area contributed by atoms with Crippen molar-refractivity contribution in [2.45, 2.75) is 39.7 Å². The van der Waals surface area contributed by atoms with E-state index in [0.29, 0.717) is 6.42 Å².